The van der Waals surface area contributed by atoms with Gasteiger partial charge in [-0.3, -0.25) is 4.90 Å². The molecule has 0 bridgehead atoms. The lowest BCUT2D eigenvalue weighted by atomic mass is 9.69. The van der Waals surface area contributed by atoms with Crippen molar-refractivity contribution in [1.29, 1.82) is 0 Å². The Morgan fingerprint density at radius 3 is 2.14 bits per heavy atom. The largest absolute Gasteiger partial charge is 0.379 e. The lowest BCUT2D eigenvalue weighted by molar-refractivity contribution is -0.126. The quantitative estimate of drug-likeness (QED) is 0.843. The van der Waals surface area contributed by atoms with Gasteiger partial charge in [0.25, 0.3) is 0 Å². The topological polar surface area (TPSA) is 32.7 Å². The SMILES string of the molecule is CC1(C)C[C@@]2(CCCN(CC(O)(c3ccccc3)c3ccccc3)C2)CCO1. The second-order valence-corrected chi connectivity index (χ2v) is 9.44. The van der Waals surface area contributed by atoms with E-state index >= 15 is 0 Å². The van der Waals surface area contributed by atoms with Crippen molar-refractivity contribution in [3.8, 4) is 0 Å². The maximum Gasteiger partial charge on any atom is 0.127 e. The average molecular weight is 380 g/mol. The molecule has 2 heterocycles. The zero-order chi connectivity index (χ0) is 19.7. The summed E-state index contributed by atoms with van der Waals surface area (Å²) in [6, 6.07) is 20.3. The Kier molecular flexibility index (Phi) is 5.34. The lowest BCUT2D eigenvalue weighted by Crippen LogP contribution is -2.53. The molecule has 28 heavy (non-hydrogen) atoms. The van der Waals surface area contributed by atoms with Crippen molar-refractivity contribution in [1.82, 2.24) is 4.90 Å². The summed E-state index contributed by atoms with van der Waals surface area (Å²) in [6.45, 7) is 8.01. The Balaban J connectivity index is 1.61. The lowest BCUT2D eigenvalue weighted by Gasteiger charge is -2.51. The minimum absolute atomic E-state index is 0.0452. The molecule has 0 radical (unpaired) electrons. The monoisotopic (exact) mass is 379 g/mol. The van der Waals surface area contributed by atoms with Gasteiger partial charge >= 0.3 is 0 Å². The highest BCUT2D eigenvalue weighted by Gasteiger charge is 2.45. The molecule has 0 aromatic heterocycles. The number of nitrogens with zero attached hydrogens (tertiary/aromatic N) is 1. The van der Waals surface area contributed by atoms with Crippen LogP contribution in [-0.4, -0.2) is 41.8 Å². The highest BCUT2D eigenvalue weighted by atomic mass is 16.5. The second-order valence-electron chi connectivity index (χ2n) is 9.44. The van der Waals surface area contributed by atoms with Crippen LogP contribution in [0.2, 0.25) is 0 Å². The summed E-state index contributed by atoms with van der Waals surface area (Å²) in [5.41, 5.74) is 1.20. The van der Waals surface area contributed by atoms with Gasteiger partial charge in [-0.2, -0.15) is 0 Å². The van der Waals surface area contributed by atoms with Gasteiger partial charge in [0.05, 0.1) is 5.60 Å². The van der Waals surface area contributed by atoms with Crippen molar-refractivity contribution in [2.24, 2.45) is 5.41 Å². The molecule has 2 aliphatic rings. The van der Waals surface area contributed by atoms with Gasteiger partial charge in [-0.25, -0.2) is 0 Å². The number of hydrogen-bond acceptors (Lipinski definition) is 3. The van der Waals surface area contributed by atoms with E-state index in [-0.39, 0.29) is 5.60 Å². The number of aliphatic hydroxyl groups is 1. The summed E-state index contributed by atoms with van der Waals surface area (Å²) in [4.78, 5) is 2.49. The number of ether oxygens (including phenoxy) is 1. The Morgan fingerprint density at radius 1 is 0.964 bits per heavy atom. The van der Waals surface area contributed by atoms with Gasteiger partial charge in [-0.15, -0.1) is 0 Å². The number of hydrogen-bond donors (Lipinski definition) is 1. The van der Waals surface area contributed by atoms with Crippen LogP contribution < -0.4 is 0 Å². The molecule has 2 saturated heterocycles. The van der Waals surface area contributed by atoms with E-state index in [2.05, 4.69) is 18.7 Å². The highest BCUT2D eigenvalue weighted by Crippen LogP contribution is 2.45. The van der Waals surface area contributed by atoms with Crippen LogP contribution in [0.25, 0.3) is 0 Å². The van der Waals surface area contributed by atoms with Crippen LogP contribution in [0.3, 0.4) is 0 Å². The summed E-state index contributed by atoms with van der Waals surface area (Å²) in [5, 5.41) is 11.9. The van der Waals surface area contributed by atoms with E-state index in [1.54, 1.807) is 0 Å². The molecule has 1 atom stereocenters. The Bertz CT molecular complexity index is 730. The van der Waals surface area contributed by atoms with E-state index in [1.807, 2.05) is 60.7 Å². The van der Waals surface area contributed by atoms with E-state index in [0.717, 1.165) is 43.7 Å². The molecule has 3 nitrogen and oxygen atoms in total. The second kappa shape index (κ2) is 7.62. The number of piperidine rings is 1. The summed E-state index contributed by atoms with van der Waals surface area (Å²) in [7, 11) is 0. The molecule has 0 unspecified atom stereocenters. The summed E-state index contributed by atoms with van der Waals surface area (Å²) in [5.74, 6) is 0. The molecule has 2 aromatic rings. The van der Waals surface area contributed by atoms with Gasteiger partial charge in [-0.1, -0.05) is 60.7 Å². The fourth-order valence-electron chi connectivity index (χ4n) is 5.48. The first-order valence-electron chi connectivity index (χ1n) is 10.6. The Hall–Kier alpha value is -1.68. The van der Waals surface area contributed by atoms with E-state index in [4.69, 9.17) is 4.74 Å². The first-order valence-corrected chi connectivity index (χ1v) is 10.6. The van der Waals surface area contributed by atoms with Gasteiger partial charge in [0, 0.05) is 19.7 Å². The first kappa shape index (κ1) is 19.6. The maximum absolute atomic E-state index is 11.9. The number of β-amino-alcohol motifs (C(OH)–C–C–N with tert-alkyl or cyclic N) is 1. The van der Waals surface area contributed by atoms with E-state index in [1.165, 1.54) is 12.8 Å². The zero-order valence-corrected chi connectivity index (χ0v) is 17.2. The summed E-state index contributed by atoms with van der Waals surface area (Å²) < 4.78 is 6.00. The van der Waals surface area contributed by atoms with Crippen molar-refractivity contribution in [3.63, 3.8) is 0 Å². The molecule has 0 amide bonds. The molecule has 4 rings (SSSR count). The summed E-state index contributed by atoms with van der Waals surface area (Å²) >= 11 is 0. The van der Waals surface area contributed by atoms with Crippen molar-refractivity contribution in [2.45, 2.75) is 50.7 Å². The van der Waals surface area contributed by atoms with Gasteiger partial charge in [0.1, 0.15) is 5.60 Å². The van der Waals surface area contributed by atoms with Crippen molar-refractivity contribution in [2.75, 3.05) is 26.2 Å². The molecule has 1 spiro atoms. The molecule has 1 N–H and O–H groups in total. The smallest absolute Gasteiger partial charge is 0.127 e. The minimum Gasteiger partial charge on any atom is -0.379 e. The Labute approximate surface area is 169 Å². The standard InChI is InChI=1S/C25H33NO2/c1-23(2)18-24(15-17-28-23)14-9-16-26(19-24)20-25(27,21-10-5-3-6-11-21)22-12-7-4-8-13-22/h3-8,10-13,27H,9,14-20H2,1-2H3/t24-/m1/s1. The third-order valence-electron chi connectivity index (χ3n) is 6.62. The van der Waals surface area contributed by atoms with Crippen molar-refractivity contribution < 1.29 is 9.84 Å². The molecule has 2 aromatic carbocycles. The molecule has 0 saturated carbocycles. The molecule has 2 aliphatic heterocycles. The van der Waals surface area contributed by atoms with Crippen molar-refractivity contribution in [3.05, 3.63) is 71.8 Å². The van der Waals surface area contributed by atoms with Gasteiger partial charge in [-0.05, 0) is 62.6 Å². The third-order valence-corrected chi connectivity index (χ3v) is 6.62. The number of benzene rings is 2. The van der Waals surface area contributed by atoms with Crippen LogP contribution in [-0.2, 0) is 10.3 Å². The molecule has 0 aliphatic carbocycles. The molecule has 3 heteroatoms. The zero-order valence-electron chi connectivity index (χ0n) is 17.2. The van der Waals surface area contributed by atoms with Crippen LogP contribution in [0.4, 0.5) is 0 Å². The van der Waals surface area contributed by atoms with Gasteiger partial charge in [0.15, 0.2) is 0 Å². The highest BCUT2D eigenvalue weighted by molar-refractivity contribution is 5.36. The van der Waals surface area contributed by atoms with Crippen LogP contribution in [0.15, 0.2) is 60.7 Å². The van der Waals surface area contributed by atoms with Crippen LogP contribution in [0.1, 0.15) is 50.7 Å². The molecule has 2 fully saturated rings. The van der Waals surface area contributed by atoms with E-state index < -0.39 is 5.60 Å². The maximum atomic E-state index is 11.9. The minimum atomic E-state index is -0.998. The third kappa shape index (κ3) is 4.03. The molecular weight excluding hydrogens is 346 g/mol. The van der Waals surface area contributed by atoms with Crippen LogP contribution in [0.5, 0.6) is 0 Å². The van der Waals surface area contributed by atoms with Crippen molar-refractivity contribution >= 4 is 0 Å². The fourth-order valence-corrected chi connectivity index (χ4v) is 5.48. The number of rotatable bonds is 4. The Morgan fingerprint density at radius 2 is 1.57 bits per heavy atom. The van der Waals surface area contributed by atoms with E-state index in [9.17, 15) is 5.11 Å². The van der Waals surface area contributed by atoms with Gasteiger partial charge in [0.2, 0.25) is 0 Å². The van der Waals surface area contributed by atoms with E-state index in [0.29, 0.717) is 12.0 Å². The van der Waals surface area contributed by atoms with Crippen LogP contribution in [0, 0.1) is 5.41 Å². The predicted octanol–water partition coefficient (Wildman–Crippen LogP) is 4.59. The molecule has 150 valence electrons. The molecular formula is C25H33NO2. The van der Waals surface area contributed by atoms with Crippen LogP contribution >= 0.6 is 0 Å². The fraction of sp³-hybridized carbons (Fsp3) is 0.520. The average Bonchev–Trinajstić information content (AvgIpc) is 2.68. The van der Waals surface area contributed by atoms with Gasteiger partial charge < -0.3 is 9.84 Å². The summed E-state index contributed by atoms with van der Waals surface area (Å²) in [6.07, 6.45) is 4.69. The normalized spacial score (nSPS) is 25.7. The first-order chi connectivity index (χ1) is 13.4. The predicted molar refractivity (Wildman–Crippen MR) is 113 cm³/mol. The number of likely N-dealkylation sites (tertiary alicyclic amines) is 1.